The van der Waals surface area contributed by atoms with Crippen molar-refractivity contribution >= 4 is 50.0 Å². The van der Waals surface area contributed by atoms with Gasteiger partial charge >= 0.3 is 7.05 Å². The van der Waals surface area contributed by atoms with Crippen molar-refractivity contribution < 1.29 is 9.42 Å². The van der Waals surface area contributed by atoms with Crippen LogP contribution in [-0.4, -0.2) is 28.8 Å². The van der Waals surface area contributed by atoms with Gasteiger partial charge in [-0.2, -0.15) is 0 Å². The third-order valence-electron chi connectivity index (χ3n) is 6.47. The van der Waals surface area contributed by atoms with Gasteiger partial charge in [0.25, 0.3) is 0 Å². The minimum Gasteiger partial charge on any atom is -0.393 e. The maximum atomic E-state index is 11.2. The number of quaternary nitrogens is 1. The van der Waals surface area contributed by atoms with E-state index >= 15 is 0 Å². The summed E-state index contributed by atoms with van der Waals surface area (Å²) in [4.78, 5) is 0. The minimum atomic E-state index is -0.494. The number of hydrogen-bond acceptors (Lipinski definition) is 1. The number of fused-ring (bicyclic) bond motifs is 3. The monoisotopic (exact) mass is 444 g/mol. The summed E-state index contributed by atoms with van der Waals surface area (Å²) in [6.07, 6.45) is 1.00. The quantitative estimate of drug-likeness (QED) is 0.273. The lowest BCUT2D eigenvalue weighted by Gasteiger charge is -2.33. The van der Waals surface area contributed by atoms with Gasteiger partial charge in [0.2, 0.25) is 0 Å². The first-order chi connectivity index (χ1) is 14.1. The van der Waals surface area contributed by atoms with Crippen molar-refractivity contribution in [1.82, 2.24) is 0 Å². The number of aryl methyl sites for hydroxylation is 1. The van der Waals surface area contributed by atoms with E-state index in [-0.39, 0.29) is 0 Å². The first-order valence-corrected chi connectivity index (χ1v) is 11.3. The molecule has 1 heterocycles. The Morgan fingerprint density at radius 1 is 0.828 bits per heavy atom. The van der Waals surface area contributed by atoms with Crippen molar-refractivity contribution in [2.45, 2.75) is 19.5 Å². The first-order valence-electron chi connectivity index (χ1n) is 10.2. The van der Waals surface area contributed by atoms with Gasteiger partial charge < -0.3 is 9.42 Å². The Morgan fingerprint density at radius 3 is 1.90 bits per heavy atom. The van der Waals surface area contributed by atoms with Crippen molar-refractivity contribution in [2.24, 2.45) is 0 Å². The zero-order chi connectivity index (χ0) is 20.0. The zero-order valence-electron chi connectivity index (χ0n) is 16.6. The van der Waals surface area contributed by atoms with Crippen LogP contribution in [0.1, 0.15) is 16.7 Å². The highest BCUT2D eigenvalue weighted by atomic mass is 79.9. The topological polar surface area (TPSA) is 20.2 Å². The van der Waals surface area contributed by atoms with Gasteiger partial charge in [-0.25, -0.2) is 0 Å². The molecule has 1 aliphatic rings. The van der Waals surface area contributed by atoms with E-state index in [0.717, 1.165) is 30.3 Å². The van der Waals surface area contributed by atoms with Crippen LogP contribution in [0.4, 0.5) is 0 Å². The van der Waals surface area contributed by atoms with Gasteiger partial charge in [0, 0.05) is 21.9 Å². The molecular weight excluding hydrogens is 421 g/mol. The number of alkyl halides is 1. The highest BCUT2D eigenvalue weighted by Crippen LogP contribution is 2.36. The van der Waals surface area contributed by atoms with Crippen molar-refractivity contribution in [3.05, 3.63) is 89.5 Å². The molecule has 0 bridgehead atoms. The smallest absolute Gasteiger partial charge is 0.393 e. The summed E-state index contributed by atoms with van der Waals surface area (Å²) in [5.41, 5.74) is 5.07. The largest absolute Gasteiger partial charge is 0.609 e. The van der Waals surface area contributed by atoms with Crippen LogP contribution in [0, 0.1) is 0 Å². The standard InChI is InChI=1S/C25H24BBrNO/c1-28(16-18-8-2-7-13-25(18)26(28)29)17-24-21-11-5-3-9-19(21)23(14-15-27)20-10-4-6-12-22(20)24/h2-13,29H,14-17H2,1H3/q+1/t28-/m1/s1. The van der Waals surface area contributed by atoms with E-state index in [1.807, 2.05) is 6.07 Å². The average molecular weight is 445 g/mol. The normalized spacial score (nSPS) is 18.5. The predicted octanol–water partition coefficient (Wildman–Crippen LogP) is 4.78. The van der Waals surface area contributed by atoms with Gasteiger partial charge in [0.1, 0.15) is 0 Å². The molecule has 4 heteroatoms. The highest BCUT2D eigenvalue weighted by Gasteiger charge is 2.48. The fraction of sp³-hybridized carbons (Fsp3) is 0.200. The molecule has 0 fully saturated rings. The average Bonchev–Trinajstić information content (AvgIpc) is 3.01. The van der Waals surface area contributed by atoms with Crippen LogP contribution >= 0.6 is 15.9 Å². The molecule has 0 aromatic heterocycles. The molecule has 1 aliphatic heterocycles. The Bertz CT molecular complexity index is 1170. The van der Waals surface area contributed by atoms with E-state index in [1.54, 1.807) is 0 Å². The number of halogens is 1. The summed E-state index contributed by atoms with van der Waals surface area (Å²) in [6, 6.07) is 25.8. The molecule has 0 spiro atoms. The molecule has 1 atom stereocenters. The summed E-state index contributed by atoms with van der Waals surface area (Å²) in [6.45, 7) is 1.65. The van der Waals surface area contributed by atoms with Crippen LogP contribution in [0.3, 0.4) is 0 Å². The third-order valence-corrected chi connectivity index (χ3v) is 6.87. The maximum absolute atomic E-state index is 11.2. The molecule has 5 rings (SSSR count). The van der Waals surface area contributed by atoms with Crippen LogP contribution < -0.4 is 5.46 Å². The van der Waals surface area contributed by atoms with Crippen molar-refractivity contribution in [3.8, 4) is 0 Å². The molecule has 4 aromatic rings. The van der Waals surface area contributed by atoms with E-state index in [1.165, 1.54) is 38.2 Å². The highest BCUT2D eigenvalue weighted by molar-refractivity contribution is 9.09. The predicted molar refractivity (Wildman–Crippen MR) is 127 cm³/mol. The van der Waals surface area contributed by atoms with Crippen LogP contribution in [0.25, 0.3) is 21.5 Å². The molecule has 144 valence electrons. The van der Waals surface area contributed by atoms with E-state index < -0.39 is 7.05 Å². The van der Waals surface area contributed by atoms with E-state index in [2.05, 4.69) is 89.7 Å². The summed E-state index contributed by atoms with van der Waals surface area (Å²) in [5, 5.41) is 17.4. The lowest BCUT2D eigenvalue weighted by atomic mass is 9.72. The lowest BCUT2D eigenvalue weighted by Crippen LogP contribution is -2.54. The molecule has 0 saturated heterocycles. The number of rotatable bonds is 4. The van der Waals surface area contributed by atoms with Gasteiger partial charge in [-0.15, -0.1) is 0 Å². The lowest BCUT2D eigenvalue weighted by molar-refractivity contribution is -0.836. The molecule has 0 radical (unpaired) electrons. The van der Waals surface area contributed by atoms with Crippen LogP contribution in [0.15, 0.2) is 72.8 Å². The molecular formula is C25H24BBrNO+. The molecule has 1 N–H and O–H groups in total. The van der Waals surface area contributed by atoms with Gasteiger partial charge in [-0.05, 0) is 33.5 Å². The molecule has 0 amide bonds. The van der Waals surface area contributed by atoms with E-state index in [0.29, 0.717) is 4.39 Å². The van der Waals surface area contributed by atoms with Crippen LogP contribution in [0.2, 0.25) is 0 Å². The van der Waals surface area contributed by atoms with Gasteiger partial charge in [-0.3, -0.25) is 0 Å². The SMILES string of the molecule is C[N@+]1(Cc2c3ccccc3c(CCBr)c3ccccc23)Cc2ccccc2B1O. The van der Waals surface area contributed by atoms with Gasteiger partial charge in [0.05, 0.1) is 20.1 Å². The fourth-order valence-electron chi connectivity index (χ4n) is 5.09. The van der Waals surface area contributed by atoms with E-state index in [4.69, 9.17) is 0 Å². The second kappa shape index (κ2) is 7.28. The Labute approximate surface area is 180 Å². The molecule has 0 saturated carbocycles. The Hall–Kier alpha value is -2.14. The zero-order valence-corrected chi connectivity index (χ0v) is 18.2. The number of hydrogen-bond donors (Lipinski definition) is 1. The van der Waals surface area contributed by atoms with Crippen LogP contribution in [0.5, 0.6) is 0 Å². The minimum absolute atomic E-state index is 0.494. The van der Waals surface area contributed by atoms with Crippen molar-refractivity contribution in [3.63, 3.8) is 0 Å². The Morgan fingerprint density at radius 2 is 1.34 bits per heavy atom. The first kappa shape index (κ1) is 18.9. The fourth-order valence-corrected chi connectivity index (χ4v) is 5.48. The third kappa shape index (κ3) is 3.02. The second-order valence-corrected chi connectivity index (χ2v) is 9.15. The summed E-state index contributed by atoms with van der Waals surface area (Å²) in [5.74, 6) is 0. The van der Waals surface area contributed by atoms with E-state index in [9.17, 15) is 5.02 Å². The molecule has 2 nitrogen and oxygen atoms in total. The Balaban J connectivity index is 1.72. The Kier molecular flexibility index (Phi) is 4.74. The molecule has 0 aliphatic carbocycles. The summed E-state index contributed by atoms with van der Waals surface area (Å²) < 4.78 is 0.588. The second-order valence-electron chi connectivity index (χ2n) is 8.36. The van der Waals surface area contributed by atoms with Crippen molar-refractivity contribution in [1.29, 1.82) is 0 Å². The van der Waals surface area contributed by atoms with Crippen LogP contribution in [-0.2, 0) is 19.5 Å². The summed E-state index contributed by atoms with van der Waals surface area (Å²) >= 11 is 3.64. The van der Waals surface area contributed by atoms with Gasteiger partial charge in [-0.1, -0.05) is 88.7 Å². The maximum Gasteiger partial charge on any atom is 0.609 e. The molecule has 0 unspecified atom stereocenters. The number of nitrogens with zero attached hydrogens (tertiary/aromatic N) is 1. The van der Waals surface area contributed by atoms with Crippen molar-refractivity contribution in [2.75, 3.05) is 12.4 Å². The molecule has 4 aromatic carbocycles. The van der Waals surface area contributed by atoms with Gasteiger partial charge in [0.15, 0.2) is 0 Å². The summed E-state index contributed by atoms with van der Waals surface area (Å²) in [7, 11) is 1.69. The molecule has 29 heavy (non-hydrogen) atoms. The number of benzene rings is 4.